The molecule has 1 N–H and O–H groups in total. The van der Waals surface area contributed by atoms with Crippen molar-refractivity contribution in [3.8, 4) is 5.75 Å². The molecule has 0 aliphatic carbocycles. The van der Waals surface area contributed by atoms with Crippen LogP contribution in [0, 0.1) is 0 Å². The average molecular weight is 390 g/mol. The number of hydrogen-bond acceptors (Lipinski definition) is 3. The highest BCUT2D eigenvalue weighted by atomic mass is 35.5. The molecule has 1 amide bonds. The number of para-hydroxylation sites is 2. The van der Waals surface area contributed by atoms with Crippen molar-refractivity contribution < 1.29 is 22.7 Å². The van der Waals surface area contributed by atoms with Crippen LogP contribution >= 0.6 is 23.4 Å². The molecule has 0 radical (unpaired) electrons. The maximum atomic E-state index is 12.9. The highest BCUT2D eigenvalue weighted by Crippen LogP contribution is 2.38. The first kappa shape index (κ1) is 19.5. The molecule has 3 nitrogen and oxygen atoms in total. The SMILES string of the molecule is COc1ccccc1NC(=O)[C@H](C)Sc1ccc(Cl)c(C(F)(F)F)c1. The van der Waals surface area contributed by atoms with Gasteiger partial charge in [-0.15, -0.1) is 11.8 Å². The second-order valence-electron chi connectivity index (χ2n) is 5.09. The number of carbonyl (C=O) groups excluding carboxylic acids is 1. The minimum Gasteiger partial charge on any atom is -0.495 e. The van der Waals surface area contributed by atoms with Crippen molar-refractivity contribution in [2.45, 2.75) is 23.2 Å². The van der Waals surface area contributed by atoms with E-state index in [2.05, 4.69) is 5.32 Å². The molecule has 0 unspecified atom stereocenters. The number of carbonyl (C=O) groups is 1. The molecule has 1 atom stereocenters. The number of methoxy groups -OCH3 is 1. The summed E-state index contributed by atoms with van der Waals surface area (Å²) < 4.78 is 43.9. The van der Waals surface area contributed by atoms with Gasteiger partial charge in [0.1, 0.15) is 5.75 Å². The van der Waals surface area contributed by atoms with Gasteiger partial charge in [-0.05, 0) is 37.3 Å². The number of rotatable bonds is 5. The molecular formula is C17H15ClF3NO2S. The lowest BCUT2D eigenvalue weighted by Gasteiger charge is -2.15. The van der Waals surface area contributed by atoms with Crippen LogP contribution in [0.1, 0.15) is 12.5 Å². The maximum absolute atomic E-state index is 12.9. The number of halogens is 4. The van der Waals surface area contributed by atoms with E-state index >= 15 is 0 Å². The summed E-state index contributed by atoms with van der Waals surface area (Å²) in [6.07, 6.45) is -4.55. The Kier molecular flexibility index (Phi) is 6.24. The first-order valence-corrected chi connectivity index (χ1v) is 8.45. The van der Waals surface area contributed by atoms with E-state index < -0.39 is 17.0 Å². The lowest BCUT2D eigenvalue weighted by molar-refractivity contribution is -0.137. The normalized spacial score (nSPS) is 12.6. The number of ether oxygens (including phenoxy) is 1. The van der Waals surface area contributed by atoms with E-state index in [1.54, 1.807) is 31.2 Å². The predicted octanol–water partition coefficient (Wildman–Crippen LogP) is 5.49. The zero-order valence-electron chi connectivity index (χ0n) is 13.4. The number of hydrogen-bond donors (Lipinski definition) is 1. The molecule has 0 bridgehead atoms. The van der Waals surface area contributed by atoms with Crippen molar-refractivity contribution in [1.29, 1.82) is 0 Å². The fourth-order valence-electron chi connectivity index (χ4n) is 2.03. The molecule has 0 fully saturated rings. The van der Waals surface area contributed by atoms with Crippen molar-refractivity contribution in [2.75, 3.05) is 12.4 Å². The van der Waals surface area contributed by atoms with Crippen LogP contribution in [0.5, 0.6) is 5.75 Å². The Morgan fingerprint density at radius 3 is 2.56 bits per heavy atom. The van der Waals surface area contributed by atoms with Gasteiger partial charge in [-0.25, -0.2) is 0 Å². The second kappa shape index (κ2) is 8.01. The summed E-state index contributed by atoms with van der Waals surface area (Å²) in [6, 6.07) is 10.5. The third kappa shape index (κ3) is 5.06. The van der Waals surface area contributed by atoms with Gasteiger partial charge < -0.3 is 10.1 Å². The van der Waals surface area contributed by atoms with Crippen molar-refractivity contribution in [3.63, 3.8) is 0 Å². The van der Waals surface area contributed by atoms with E-state index in [9.17, 15) is 18.0 Å². The Labute approximate surface area is 152 Å². The molecule has 2 aromatic rings. The number of amides is 1. The zero-order chi connectivity index (χ0) is 18.6. The molecule has 0 aliphatic rings. The van der Waals surface area contributed by atoms with Crippen LogP contribution in [0.4, 0.5) is 18.9 Å². The fraction of sp³-hybridized carbons (Fsp3) is 0.235. The molecule has 0 saturated carbocycles. The first-order valence-electron chi connectivity index (χ1n) is 7.19. The Balaban J connectivity index is 2.11. The van der Waals surface area contributed by atoms with Gasteiger partial charge in [0.25, 0.3) is 0 Å². The van der Waals surface area contributed by atoms with Gasteiger partial charge in [0.15, 0.2) is 0 Å². The fourth-order valence-corrected chi connectivity index (χ4v) is 3.17. The number of anilines is 1. The molecule has 0 aromatic heterocycles. The quantitative estimate of drug-likeness (QED) is 0.687. The molecule has 0 aliphatic heterocycles. The molecular weight excluding hydrogens is 375 g/mol. The number of alkyl halides is 3. The van der Waals surface area contributed by atoms with Crippen molar-refractivity contribution in [1.82, 2.24) is 0 Å². The second-order valence-corrected chi connectivity index (χ2v) is 6.91. The number of benzene rings is 2. The summed E-state index contributed by atoms with van der Waals surface area (Å²) in [5.74, 6) is 0.150. The van der Waals surface area contributed by atoms with Gasteiger partial charge >= 0.3 is 6.18 Å². The Morgan fingerprint density at radius 2 is 1.92 bits per heavy atom. The van der Waals surface area contributed by atoms with E-state index in [0.29, 0.717) is 16.3 Å². The first-order chi connectivity index (χ1) is 11.7. The van der Waals surface area contributed by atoms with Crippen LogP contribution in [0.2, 0.25) is 5.02 Å². The van der Waals surface area contributed by atoms with Crippen LogP contribution in [0.3, 0.4) is 0 Å². The van der Waals surface area contributed by atoms with Gasteiger partial charge in [0.05, 0.1) is 28.6 Å². The van der Waals surface area contributed by atoms with E-state index in [1.807, 2.05) is 0 Å². The van der Waals surface area contributed by atoms with Gasteiger partial charge in [0, 0.05) is 4.90 Å². The van der Waals surface area contributed by atoms with Gasteiger partial charge in [-0.3, -0.25) is 4.79 Å². The molecule has 0 spiro atoms. The standard InChI is InChI=1S/C17H15ClF3NO2S/c1-10(16(23)22-14-5-3-4-6-15(14)24-2)25-11-7-8-13(18)12(9-11)17(19,20)21/h3-10H,1-2H3,(H,22,23)/t10-/m0/s1. The summed E-state index contributed by atoms with van der Waals surface area (Å²) in [7, 11) is 1.48. The topological polar surface area (TPSA) is 38.3 Å². The third-order valence-electron chi connectivity index (χ3n) is 3.29. The predicted molar refractivity (Wildman–Crippen MR) is 93.4 cm³/mol. The Bertz CT molecular complexity index is 768. The molecule has 2 aromatic carbocycles. The number of thioether (sulfide) groups is 1. The van der Waals surface area contributed by atoms with Crippen LogP contribution in [0.15, 0.2) is 47.4 Å². The van der Waals surface area contributed by atoms with Gasteiger partial charge in [-0.1, -0.05) is 23.7 Å². The van der Waals surface area contributed by atoms with Crippen LogP contribution in [-0.4, -0.2) is 18.3 Å². The highest BCUT2D eigenvalue weighted by Gasteiger charge is 2.33. The molecule has 2 rings (SSSR count). The smallest absolute Gasteiger partial charge is 0.417 e. The summed E-state index contributed by atoms with van der Waals surface area (Å²) in [5.41, 5.74) is -0.425. The van der Waals surface area contributed by atoms with E-state index in [-0.39, 0.29) is 10.9 Å². The minimum atomic E-state index is -4.55. The van der Waals surface area contributed by atoms with Crippen LogP contribution in [0.25, 0.3) is 0 Å². The third-order valence-corrected chi connectivity index (χ3v) is 4.71. The van der Waals surface area contributed by atoms with Crippen LogP contribution < -0.4 is 10.1 Å². The highest BCUT2D eigenvalue weighted by molar-refractivity contribution is 8.00. The van der Waals surface area contributed by atoms with E-state index in [4.69, 9.17) is 16.3 Å². The molecule has 0 saturated heterocycles. The average Bonchev–Trinajstić information content (AvgIpc) is 2.56. The molecule has 8 heteroatoms. The summed E-state index contributed by atoms with van der Waals surface area (Å²) >= 11 is 6.61. The lowest BCUT2D eigenvalue weighted by Crippen LogP contribution is -2.22. The summed E-state index contributed by atoms with van der Waals surface area (Å²) in [5, 5.41) is 1.71. The van der Waals surface area contributed by atoms with E-state index in [0.717, 1.165) is 17.8 Å². The number of nitrogens with one attached hydrogen (secondary N) is 1. The molecule has 0 heterocycles. The lowest BCUT2D eigenvalue weighted by atomic mass is 10.2. The van der Waals surface area contributed by atoms with Crippen LogP contribution in [-0.2, 0) is 11.0 Å². The van der Waals surface area contributed by atoms with Crippen molar-refractivity contribution in [2.24, 2.45) is 0 Å². The molecule has 134 valence electrons. The largest absolute Gasteiger partial charge is 0.495 e. The molecule has 25 heavy (non-hydrogen) atoms. The van der Waals surface area contributed by atoms with Crippen molar-refractivity contribution >= 4 is 35.0 Å². The van der Waals surface area contributed by atoms with Gasteiger partial charge in [0.2, 0.25) is 5.91 Å². The van der Waals surface area contributed by atoms with E-state index in [1.165, 1.54) is 19.2 Å². The summed E-state index contributed by atoms with van der Waals surface area (Å²) in [6.45, 7) is 1.61. The van der Waals surface area contributed by atoms with Gasteiger partial charge in [-0.2, -0.15) is 13.2 Å². The van der Waals surface area contributed by atoms with Crippen molar-refractivity contribution in [3.05, 3.63) is 53.1 Å². The minimum absolute atomic E-state index is 0.305. The monoisotopic (exact) mass is 389 g/mol. The Morgan fingerprint density at radius 1 is 1.24 bits per heavy atom. The maximum Gasteiger partial charge on any atom is 0.417 e. The zero-order valence-corrected chi connectivity index (χ0v) is 14.9. The summed E-state index contributed by atoms with van der Waals surface area (Å²) in [4.78, 5) is 12.6. The Hall–Kier alpha value is -1.86.